The van der Waals surface area contributed by atoms with Crippen LogP contribution in [0.4, 0.5) is 0 Å². The second kappa shape index (κ2) is 5.33. The van der Waals surface area contributed by atoms with Gasteiger partial charge in [-0.15, -0.1) is 0 Å². The summed E-state index contributed by atoms with van der Waals surface area (Å²) in [5.74, 6) is 0.413. The van der Waals surface area contributed by atoms with Gasteiger partial charge in [0.05, 0.1) is 17.6 Å². The van der Waals surface area contributed by atoms with Crippen molar-refractivity contribution in [3.63, 3.8) is 0 Å². The summed E-state index contributed by atoms with van der Waals surface area (Å²) in [6, 6.07) is 9.46. The van der Waals surface area contributed by atoms with Crippen LogP contribution in [0.25, 0.3) is 11.1 Å². The summed E-state index contributed by atoms with van der Waals surface area (Å²) in [6.07, 6.45) is 2.08. The largest absolute Gasteiger partial charge is 0.470 e. The molecule has 24 heavy (non-hydrogen) atoms. The summed E-state index contributed by atoms with van der Waals surface area (Å²) in [5, 5.41) is 10.5. The van der Waals surface area contributed by atoms with Gasteiger partial charge in [0, 0.05) is 11.8 Å². The zero-order valence-electron chi connectivity index (χ0n) is 13.6. The molecule has 2 aromatic rings. The number of ether oxygens (including phenoxy) is 2. The molecule has 4 rings (SSSR count). The third kappa shape index (κ3) is 1.92. The fourth-order valence-electron chi connectivity index (χ4n) is 3.67. The molecule has 0 aliphatic carbocycles. The van der Waals surface area contributed by atoms with E-state index < -0.39 is 17.8 Å². The summed E-state index contributed by atoms with van der Waals surface area (Å²) < 4.78 is 11.5. The molecule has 0 radical (unpaired) electrons. The molecule has 0 amide bonds. The second-order valence-corrected chi connectivity index (χ2v) is 6.41. The zero-order chi connectivity index (χ0) is 16.9. The van der Waals surface area contributed by atoms with E-state index >= 15 is 0 Å². The minimum absolute atomic E-state index is 0.139. The Bertz CT molecular complexity index is 871. The van der Waals surface area contributed by atoms with Crippen LogP contribution in [0.15, 0.2) is 53.0 Å². The molecular weight excluding hydrogens is 306 g/mol. The first-order valence-corrected chi connectivity index (χ1v) is 8.00. The van der Waals surface area contributed by atoms with E-state index in [2.05, 4.69) is 4.98 Å². The highest BCUT2D eigenvalue weighted by molar-refractivity contribution is 5.65. The van der Waals surface area contributed by atoms with Crippen LogP contribution in [0.2, 0.25) is 0 Å². The van der Waals surface area contributed by atoms with Crippen LogP contribution in [0.5, 0.6) is 5.88 Å². The maximum absolute atomic E-state index is 13.2. The zero-order valence-corrected chi connectivity index (χ0v) is 13.6. The minimum atomic E-state index is -1.10. The molecule has 1 aromatic heterocycles. The summed E-state index contributed by atoms with van der Waals surface area (Å²) in [6.45, 7) is 4.02. The molecule has 3 unspecified atom stereocenters. The number of aromatic nitrogens is 1. The van der Waals surface area contributed by atoms with Gasteiger partial charge in [0.15, 0.2) is 17.6 Å². The lowest BCUT2D eigenvalue weighted by Gasteiger charge is -2.39. The summed E-state index contributed by atoms with van der Waals surface area (Å²) in [4.78, 5) is 16.3. The molecule has 2 N–H and O–H groups in total. The molecule has 0 bridgehead atoms. The average molecular weight is 325 g/mol. The first-order chi connectivity index (χ1) is 11.6. The fraction of sp³-hybridized carbons (Fsp3) is 0.316. The van der Waals surface area contributed by atoms with Gasteiger partial charge in [0.1, 0.15) is 6.10 Å². The number of aliphatic hydroxyl groups is 1. The number of fused-ring (bicyclic) bond motifs is 3. The van der Waals surface area contributed by atoms with Crippen molar-refractivity contribution >= 4 is 0 Å². The Balaban J connectivity index is 1.93. The number of rotatable bonds is 1. The predicted molar refractivity (Wildman–Crippen MR) is 90.0 cm³/mol. The van der Waals surface area contributed by atoms with Crippen molar-refractivity contribution in [2.75, 3.05) is 6.61 Å². The van der Waals surface area contributed by atoms with Crippen LogP contribution < -0.4 is 10.2 Å². The van der Waals surface area contributed by atoms with Crippen molar-refractivity contribution in [1.82, 2.24) is 4.98 Å². The van der Waals surface area contributed by atoms with Crippen molar-refractivity contribution in [2.45, 2.75) is 31.7 Å². The van der Waals surface area contributed by atoms with E-state index in [4.69, 9.17) is 9.47 Å². The molecule has 2 aliphatic rings. The first-order valence-electron chi connectivity index (χ1n) is 8.00. The van der Waals surface area contributed by atoms with Crippen molar-refractivity contribution < 1.29 is 14.6 Å². The van der Waals surface area contributed by atoms with Crippen molar-refractivity contribution in [3.8, 4) is 17.0 Å². The quantitative estimate of drug-likeness (QED) is 0.790. The Morgan fingerprint density at radius 2 is 2.08 bits per heavy atom. The third-order valence-electron chi connectivity index (χ3n) is 5.08. The van der Waals surface area contributed by atoms with E-state index in [-0.39, 0.29) is 5.43 Å². The summed E-state index contributed by atoms with van der Waals surface area (Å²) in [5.41, 5.74) is 1.67. The molecular formula is C19H19NO4. The predicted octanol–water partition coefficient (Wildman–Crippen LogP) is 2.36. The number of benzene rings is 1. The van der Waals surface area contributed by atoms with Crippen LogP contribution >= 0.6 is 0 Å². The maximum atomic E-state index is 13.2. The van der Waals surface area contributed by atoms with Crippen LogP contribution in [0.1, 0.15) is 19.4 Å². The molecule has 3 heterocycles. The average Bonchev–Trinajstić information content (AvgIpc) is 2.92. The molecule has 3 atom stereocenters. The molecule has 0 spiro atoms. The van der Waals surface area contributed by atoms with Gasteiger partial charge in [-0.3, -0.25) is 4.79 Å². The highest BCUT2D eigenvalue weighted by Gasteiger charge is 2.57. The molecule has 0 saturated carbocycles. The Morgan fingerprint density at radius 1 is 1.33 bits per heavy atom. The number of aliphatic hydroxyl groups excluding tert-OH is 1. The van der Waals surface area contributed by atoms with Crippen molar-refractivity contribution in [2.24, 2.45) is 0 Å². The third-order valence-corrected chi connectivity index (χ3v) is 5.08. The fourth-order valence-corrected chi connectivity index (χ4v) is 3.67. The number of allylic oxidation sites excluding steroid dienone is 1. The smallest absolute Gasteiger partial charge is 0.199 e. The monoisotopic (exact) mass is 325 g/mol. The number of H-pyrrole nitrogens is 1. The lowest BCUT2D eigenvalue weighted by atomic mass is 9.74. The number of pyridine rings is 1. The van der Waals surface area contributed by atoms with E-state index in [0.29, 0.717) is 23.6 Å². The van der Waals surface area contributed by atoms with Crippen LogP contribution in [0, 0.1) is 0 Å². The number of nitrogens with one attached hydrogen (secondary N) is 1. The number of hydrogen-bond donors (Lipinski definition) is 2. The van der Waals surface area contributed by atoms with Crippen LogP contribution in [0.3, 0.4) is 0 Å². The minimum Gasteiger partial charge on any atom is -0.470 e. The number of hydrogen-bond acceptors (Lipinski definition) is 4. The normalized spacial score (nSPS) is 29.9. The van der Waals surface area contributed by atoms with Gasteiger partial charge < -0.3 is 19.6 Å². The lowest BCUT2D eigenvalue weighted by molar-refractivity contribution is -0.170. The van der Waals surface area contributed by atoms with E-state index in [9.17, 15) is 9.90 Å². The topological polar surface area (TPSA) is 71.5 Å². The Kier molecular flexibility index (Phi) is 3.37. The first kappa shape index (κ1) is 15.2. The van der Waals surface area contributed by atoms with E-state index in [1.54, 1.807) is 6.20 Å². The van der Waals surface area contributed by atoms with Gasteiger partial charge in [-0.2, -0.15) is 0 Å². The maximum Gasteiger partial charge on any atom is 0.199 e. The molecule has 1 saturated heterocycles. The molecule has 1 fully saturated rings. The van der Waals surface area contributed by atoms with Gasteiger partial charge in [0.25, 0.3) is 0 Å². The Labute approximate surface area is 139 Å². The molecule has 1 aromatic carbocycles. The van der Waals surface area contributed by atoms with Gasteiger partial charge in [0.2, 0.25) is 0 Å². The van der Waals surface area contributed by atoms with E-state index in [1.807, 2.05) is 50.3 Å². The van der Waals surface area contributed by atoms with Crippen molar-refractivity contribution in [3.05, 3.63) is 64.0 Å². The van der Waals surface area contributed by atoms with E-state index in [0.717, 1.165) is 11.1 Å². The van der Waals surface area contributed by atoms with Gasteiger partial charge in [-0.05, 0) is 25.0 Å². The molecule has 124 valence electrons. The summed E-state index contributed by atoms with van der Waals surface area (Å²) in [7, 11) is 0. The highest BCUT2D eigenvalue weighted by Crippen LogP contribution is 2.48. The summed E-state index contributed by atoms with van der Waals surface area (Å²) >= 11 is 0. The van der Waals surface area contributed by atoms with E-state index in [1.165, 1.54) is 0 Å². The van der Waals surface area contributed by atoms with Gasteiger partial charge >= 0.3 is 0 Å². The molecule has 2 aliphatic heterocycles. The van der Waals surface area contributed by atoms with Gasteiger partial charge in [-0.25, -0.2) is 0 Å². The molecule has 5 heteroatoms. The van der Waals surface area contributed by atoms with Crippen molar-refractivity contribution in [1.29, 1.82) is 0 Å². The van der Waals surface area contributed by atoms with Crippen LogP contribution in [-0.4, -0.2) is 29.1 Å². The number of aromatic amines is 1. The van der Waals surface area contributed by atoms with Gasteiger partial charge in [-0.1, -0.05) is 36.4 Å². The Morgan fingerprint density at radius 3 is 2.79 bits per heavy atom. The second-order valence-electron chi connectivity index (χ2n) is 6.41. The SMILES string of the molecule is CC=C1COC(O)C2(C)c3c([nH]cc(-c4ccccc4)c3=O)OC12. The highest BCUT2D eigenvalue weighted by atomic mass is 16.6. The van der Waals surface area contributed by atoms with Crippen LogP contribution in [-0.2, 0) is 10.2 Å². The molecule has 5 nitrogen and oxygen atoms in total. The Hall–Kier alpha value is -2.37. The standard InChI is InChI=1S/C19H19NO4/c1-3-11-10-23-18(22)19(2)14-15(21)13(12-7-5-4-6-8-12)9-20-17(14)24-16(11)19/h3-9,16,18,22H,10H2,1-2H3,(H,20,21). The lowest BCUT2D eigenvalue weighted by Crippen LogP contribution is -2.54.